The van der Waals surface area contributed by atoms with Crippen molar-refractivity contribution >= 4 is 0 Å². The summed E-state index contributed by atoms with van der Waals surface area (Å²) in [6.07, 6.45) is 0. The maximum absolute atomic E-state index is 3.28. The first kappa shape index (κ1) is 24.0. The molecule has 1 N–H and O–H groups in total. The summed E-state index contributed by atoms with van der Waals surface area (Å²) in [5.41, 5.74) is 1.13. The molecule has 0 bridgehead atoms. The first-order valence-electron chi connectivity index (χ1n) is 7.43. The van der Waals surface area contributed by atoms with Crippen LogP contribution in [-0.2, 0) is 0 Å². The number of rotatable bonds is 1. The molecule has 2 nitrogen and oxygen atoms in total. The minimum Gasteiger partial charge on any atom is -0.312 e. The van der Waals surface area contributed by atoms with Gasteiger partial charge in [0.2, 0.25) is 0 Å². The van der Waals surface area contributed by atoms with Crippen molar-refractivity contribution in [2.45, 2.75) is 87.2 Å². The highest BCUT2D eigenvalue weighted by Gasteiger charge is 2.10. The summed E-state index contributed by atoms with van der Waals surface area (Å²) >= 11 is 0. The molecule has 0 aromatic heterocycles. The molecule has 0 heterocycles. The van der Waals surface area contributed by atoms with Crippen LogP contribution in [0.4, 0.5) is 0 Å². The van der Waals surface area contributed by atoms with E-state index < -0.39 is 0 Å². The third-order valence-electron chi connectivity index (χ3n) is 2.05. The maximum atomic E-state index is 3.28. The zero-order chi connectivity index (χ0) is 16.5. The van der Waals surface area contributed by atoms with Gasteiger partial charge in [-0.3, -0.25) is 0 Å². The van der Waals surface area contributed by atoms with Gasteiger partial charge in [-0.15, -0.1) is 0 Å². The summed E-state index contributed by atoms with van der Waals surface area (Å²) in [6, 6.07) is 0. The van der Waals surface area contributed by atoms with Crippen LogP contribution in [0.2, 0.25) is 0 Å². The Balaban J connectivity index is -0.000000206. The molecule has 0 aliphatic carbocycles. The molecule has 0 spiro atoms. The number of hydrogen-bond donors (Lipinski definition) is 1. The van der Waals surface area contributed by atoms with Crippen LogP contribution in [0, 0.1) is 5.41 Å². The monoisotopic (exact) mass is 274 g/mol. The molecule has 0 saturated carbocycles. The Morgan fingerprint density at radius 3 is 0.947 bits per heavy atom. The molecule has 0 aromatic carbocycles. The van der Waals surface area contributed by atoms with Gasteiger partial charge >= 0.3 is 0 Å². The third kappa shape index (κ3) is 46.2. The molecule has 0 fully saturated rings. The lowest BCUT2D eigenvalue weighted by molar-refractivity contribution is 0.219. The van der Waals surface area contributed by atoms with E-state index in [1.165, 1.54) is 0 Å². The Morgan fingerprint density at radius 2 is 0.947 bits per heavy atom. The fourth-order valence-corrected chi connectivity index (χ4v) is 0.530. The number of nitrogens with zero attached hydrogens (tertiary/aromatic N) is 1. The van der Waals surface area contributed by atoms with Gasteiger partial charge in [-0.25, -0.2) is 0 Å². The second kappa shape index (κ2) is 9.77. The summed E-state index contributed by atoms with van der Waals surface area (Å²) in [5.74, 6) is 0. The van der Waals surface area contributed by atoms with Crippen LogP contribution in [0.3, 0.4) is 0 Å². The van der Waals surface area contributed by atoms with Crippen LogP contribution in [0.25, 0.3) is 0 Å². The van der Waals surface area contributed by atoms with Crippen molar-refractivity contribution in [1.82, 2.24) is 10.2 Å². The van der Waals surface area contributed by atoms with E-state index in [0.717, 1.165) is 6.54 Å². The molecule has 0 unspecified atom stereocenters. The highest BCUT2D eigenvalue weighted by molar-refractivity contribution is 4.68. The normalized spacial score (nSPS) is 12.3. The van der Waals surface area contributed by atoms with E-state index >= 15 is 0 Å². The highest BCUT2D eigenvalue weighted by Crippen LogP contribution is 2.08. The SMILES string of the molecule is CC(C)(C)C.CCNC(C)(C)C.CN(C)C(C)(C)C. The predicted octanol–water partition coefficient (Wildman–Crippen LogP) is 4.79. The quantitative estimate of drug-likeness (QED) is 0.739. The Labute approximate surface area is 124 Å². The first-order chi connectivity index (χ1) is 8.00. The summed E-state index contributed by atoms with van der Waals surface area (Å²) < 4.78 is 0. The lowest BCUT2D eigenvalue weighted by atomic mass is 10.0. The highest BCUT2D eigenvalue weighted by atomic mass is 15.1. The van der Waals surface area contributed by atoms with Crippen molar-refractivity contribution < 1.29 is 0 Å². The van der Waals surface area contributed by atoms with Crippen LogP contribution in [-0.4, -0.2) is 36.6 Å². The number of hydrogen-bond acceptors (Lipinski definition) is 2. The standard InChI is InChI=1S/2C6H15N.C5H12/c1-6(2,3)7(4)5;1-5-7-6(2,3)4;1-5(2,3)4/h1-5H3;7H,5H2,1-4H3;1-4H3. The van der Waals surface area contributed by atoms with Crippen molar-refractivity contribution in [1.29, 1.82) is 0 Å². The van der Waals surface area contributed by atoms with E-state index in [9.17, 15) is 0 Å². The lowest BCUT2D eigenvalue weighted by Gasteiger charge is -2.27. The number of nitrogens with one attached hydrogen (secondary N) is 1. The molecular formula is C17H42N2. The van der Waals surface area contributed by atoms with E-state index in [-0.39, 0.29) is 0 Å². The van der Waals surface area contributed by atoms with Gasteiger partial charge in [-0.1, -0.05) is 34.6 Å². The van der Waals surface area contributed by atoms with Crippen LogP contribution in [0.1, 0.15) is 76.2 Å². The Hall–Kier alpha value is -0.0800. The van der Waals surface area contributed by atoms with Gasteiger partial charge in [0.15, 0.2) is 0 Å². The molecule has 19 heavy (non-hydrogen) atoms. The summed E-state index contributed by atoms with van der Waals surface area (Å²) in [6.45, 7) is 25.0. The Bertz CT molecular complexity index is 181. The molecule has 0 rings (SSSR count). The van der Waals surface area contributed by atoms with Crippen LogP contribution < -0.4 is 5.32 Å². The summed E-state index contributed by atoms with van der Waals surface area (Å²) in [7, 11) is 4.17. The topological polar surface area (TPSA) is 15.3 Å². The molecule has 0 aliphatic heterocycles. The van der Waals surface area contributed by atoms with Gasteiger partial charge in [0.1, 0.15) is 0 Å². The molecule has 0 aromatic rings. The van der Waals surface area contributed by atoms with E-state index in [1.807, 2.05) is 0 Å². The van der Waals surface area contributed by atoms with Gasteiger partial charge in [0.05, 0.1) is 0 Å². The first-order valence-corrected chi connectivity index (χ1v) is 7.43. The Morgan fingerprint density at radius 1 is 0.737 bits per heavy atom. The Kier molecular flexibility index (Phi) is 12.3. The van der Waals surface area contributed by atoms with Crippen molar-refractivity contribution in [3.05, 3.63) is 0 Å². The van der Waals surface area contributed by atoms with E-state index in [0.29, 0.717) is 16.5 Å². The van der Waals surface area contributed by atoms with E-state index in [1.54, 1.807) is 0 Å². The zero-order valence-corrected chi connectivity index (χ0v) is 16.2. The van der Waals surface area contributed by atoms with Gasteiger partial charge in [-0.2, -0.15) is 0 Å². The molecule has 0 amide bonds. The predicted molar refractivity (Wildman–Crippen MR) is 92.0 cm³/mol. The van der Waals surface area contributed by atoms with Crippen molar-refractivity contribution in [2.24, 2.45) is 5.41 Å². The molecule has 0 atom stereocenters. The van der Waals surface area contributed by atoms with Crippen molar-refractivity contribution in [2.75, 3.05) is 20.6 Å². The minimum absolute atomic E-state index is 0.300. The third-order valence-corrected chi connectivity index (χ3v) is 2.05. The average Bonchev–Trinajstić information content (AvgIpc) is 1.96. The van der Waals surface area contributed by atoms with Crippen LogP contribution in [0.15, 0.2) is 0 Å². The summed E-state index contributed by atoms with van der Waals surface area (Å²) in [4.78, 5) is 2.19. The van der Waals surface area contributed by atoms with Gasteiger partial charge in [-0.05, 0) is 67.6 Å². The average molecular weight is 275 g/mol. The van der Waals surface area contributed by atoms with Gasteiger partial charge < -0.3 is 10.2 Å². The van der Waals surface area contributed by atoms with Crippen molar-refractivity contribution in [3.8, 4) is 0 Å². The molecule has 0 aliphatic rings. The molecule has 0 saturated heterocycles. The van der Waals surface area contributed by atoms with E-state index in [2.05, 4.69) is 100 Å². The fraction of sp³-hybridized carbons (Fsp3) is 1.00. The van der Waals surface area contributed by atoms with Crippen LogP contribution >= 0.6 is 0 Å². The largest absolute Gasteiger partial charge is 0.312 e. The molecular weight excluding hydrogens is 232 g/mol. The fourth-order valence-electron chi connectivity index (χ4n) is 0.530. The summed E-state index contributed by atoms with van der Waals surface area (Å²) in [5, 5.41) is 3.28. The second-order valence-corrected chi connectivity index (χ2v) is 8.85. The van der Waals surface area contributed by atoms with E-state index in [4.69, 9.17) is 0 Å². The molecule has 0 radical (unpaired) electrons. The molecule has 2 heteroatoms. The molecule has 120 valence electrons. The van der Waals surface area contributed by atoms with Gasteiger partial charge in [0.25, 0.3) is 0 Å². The zero-order valence-electron chi connectivity index (χ0n) is 16.2. The maximum Gasteiger partial charge on any atom is 0.0118 e. The smallest absolute Gasteiger partial charge is 0.0118 e. The second-order valence-electron chi connectivity index (χ2n) is 8.85. The van der Waals surface area contributed by atoms with Crippen molar-refractivity contribution in [3.63, 3.8) is 0 Å². The lowest BCUT2D eigenvalue weighted by Crippen LogP contribution is -2.35. The minimum atomic E-state index is 0.300. The van der Waals surface area contributed by atoms with Crippen LogP contribution in [0.5, 0.6) is 0 Å². The van der Waals surface area contributed by atoms with Gasteiger partial charge in [0, 0.05) is 11.1 Å².